The smallest absolute Gasteiger partial charge is 0.357 e. The van der Waals surface area contributed by atoms with Crippen molar-refractivity contribution in [2.24, 2.45) is 0 Å². The van der Waals surface area contributed by atoms with E-state index in [1.807, 2.05) is 32.0 Å². The Hall–Kier alpha value is -2.48. The van der Waals surface area contributed by atoms with Crippen molar-refractivity contribution >= 4 is 32.6 Å². The summed E-state index contributed by atoms with van der Waals surface area (Å²) in [5.41, 5.74) is 0.797. The van der Waals surface area contributed by atoms with Crippen molar-refractivity contribution in [2.45, 2.75) is 38.8 Å². The van der Waals surface area contributed by atoms with Gasteiger partial charge in [0.25, 0.3) is 5.91 Å². The Bertz CT molecular complexity index is 989. The Morgan fingerprint density at radius 2 is 2.00 bits per heavy atom. The van der Waals surface area contributed by atoms with E-state index < -0.39 is 22.4 Å². The molecule has 1 aromatic heterocycles. The molecule has 0 radical (unpaired) electrons. The molecule has 2 heterocycles. The van der Waals surface area contributed by atoms with Gasteiger partial charge in [-0.1, -0.05) is 31.2 Å². The van der Waals surface area contributed by atoms with Gasteiger partial charge >= 0.3 is 5.97 Å². The molecule has 0 bridgehead atoms. The summed E-state index contributed by atoms with van der Waals surface area (Å²) in [6, 6.07) is 10.2. The van der Waals surface area contributed by atoms with Gasteiger partial charge in [0.2, 0.25) is 0 Å². The van der Waals surface area contributed by atoms with Gasteiger partial charge in [0.15, 0.2) is 16.4 Å². The number of rotatable bonds is 6. The number of para-hydroxylation sites is 1. The van der Waals surface area contributed by atoms with Gasteiger partial charge in [0.1, 0.15) is 5.69 Å². The summed E-state index contributed by atoms with van der Waals surface area (Å²) >= 11 is 0. The highest BCUT2D eigenvalue weighted by Gasteiger charge is 2.36. The highest BCUT2D eigenvalue weighted by Crippen LogP contribution is 2.21. The molecule has 0 N–H and O–H groups in total. The molecule has 0 spiro atoms. The van der Waals surface area contributed by atoms with E-state index in [-0.39, 0.29) is 35.2 Å². The molecule has 150 valence electrons. The molecule has 1 amide bonds. The first kappa shape index (κ1) is 20.3. The highest BCUT2D eigenvalue weighted by molar-refractivity contribution is 7.91. The molecule has 0 unspecified atom stereocenters. The van der Waals surface area contributed by atoms with Crippen molar-refractivity contribution < 1.29 is 22.7 Å². The number of carbonyl (C=O) groups is 2. The van der Waals surface area contributed by atoms with Crippen molar-refractivity contribution in [3.8, 4) is 0 Å². The SMILES string of the molecule is CC[C@@H](C)N(C(=O)COC(=O)c1ccc2ccccc2n1)[C@@H]1CCS(=O)(=O)C1. The number of pyridine rings is 1. The van der Waals surface area contributed by atoms with E-state index in [4.69, 9.17) is 4.74 Å². The minimum absolute atomic E-state index is 0.0384. The Morgan fingerprint density at radius 1 is 1.25 bits per heavy atom. The molecule has 0 aliphatic carbocycles. The topological polar surface area (TPSA) is 93.6 Å². The van der Waals surface area contributed by atoms with Crippen LogP contribution in [-0.4, -0.2) is 60.4 Å². The van der Waals surface area contributed by atoms with Crippen LogP contribution in [0.4, 0.5) is 0 Å². The third-order valence-electron chi connectivity index (χ3n) is 5.09. The van der Waals surface area contributed by atoms with Crippen LogP contribution in [0.15, 0.2) is 36.4 Å². The molecular formula is C20H24N2O5S. The quantitative estimate of drug-likeness (QED) is 0.685. The zero-order valence-electron chi connectivity index (χ0n) is 16.0. The van der Waals surface area contributed by atoms with Gasteiger partial charge < -0.3 is 9.64 Å². The van der Waals surface area contributed by atoms with E-state index in [1.165, 1.54) is 0 Å². The number of aromatic nitrogens is 1. The number of sulfone groups is 1. The van der Waals surface area contributed by atoms with Gasteiger partial charge in [-0.25, -0.2) is 18.2 Å². The fourth-order valence-electron chi connectivity index (χ4n) is 3.46. The largest absolute Gasteiger partial charge is 0.451 e. The summed E-state index contributed by atoms with van der Waals surface area (Å²) in [5, 5.41) is 0.903. The number of amides is 1. The van der Waals surface area contributed by atoms with Gasteiger partial charge in [-0.15, -0.1) is 0 Å². The van der Waals surface area contributed by atoms with Crippen LogP contribution in [0.3, 0.4) is 0 Å². The summed E-state index contributed by atoms with van der Waals surface area (Å²) in [5.74, 6) is -1.02. The van der Waals surface area contributed by atoms with Crippen LogP contribution in [0.2, 0.25) is 0 Å². The Kier molecular flexibility index (Phi) is 5.98. The standard InChI is InChI=1S/C20H24N2O5S/c1-3-14(2)22(16-10-11-28(25,26)13-16)19(23)12-27-20(24)18-9-8-15-6-4-5-7-17(15)21-18/h4-9,14,16H,3,10-13H2,1-2H3/t14-,16-/m1/s1. The van der Waals surface area contributed by atoms with E-state index in [0.29, 0.717) is 18.4 Å². The van der Waals surface area contributed by atoms with Gasteiger partial charge in [0.05, 0.1) is 17.0 Å². The minimum Gasteiger partial charge on any atom is -0.451 e. The molecule has 28 heavy (non-hydrogen) atoms. The summed E-state index contributed by atoms with van der Waals surface area (Å²) in [6.45, 7) is 3.36. The number of esters is 1. The molecule has 1 fully saturated rings. The van der Waals surface area contributed by atoms with Crippen molar-refractivity contribution in [3.05, 3.63) is 42.1 Å². The number of hydrogen-bond acceptors (Lipinski definition) is 6. The zero-order valence-corrected chi connectivity index (χ0v) is 16.8. The predicted octanol–water partition coefficient (Wildman–Crippen LogP) is 2.21. The number of benzene rings is 1. The lowest BCUT2D eigenvalue weighted by molar-refractivity contribution is -0.138. The third kappa shape index (κ3) is 4.49. The second kappa shape index (κ2) is 8.26. The number of hydrogen-bond donors (Lipinski definition) is 0. The molecule has 2 atom stereocenters. The van der Waals surface area contributed by atoms with Crippen molar-refractivity contribution in [1.29, 1.82) is 0 Å². The lowest BCUT2D eigenvalue weighted by Crippen LogP contribution is -2.48. The maximum Gasteiger partial charge on any atom is 0.357 e. The van der Waals surface area contributed by atoms with Crippen LogP contribution in [-0.2, 0) is 19.4 Å². The number of nitrogens with zero attached hydrogens (tertiary/aromatic N) is 2. The van der Waals surface area contributed by atoms with Crippen LogP contribution in [0.1, 0.15) is 37.2 Å². The van der Waals surface area contributed by atoms with E-state index >= 15 is 0 Å². The summed E-state index contributed by atoms with van der Waals surface area (Å²) in [7, 11) is -3.12. The number of ether oxygens (including phenoxy) is 1. The van der Waals surface area contributed by atoms with Crippen molar-refractivity contribution in [2.75, 3.05) is 18.1 Å². The third-order valence-corrected chi connectivity index (χ3v) is 6.84. The lowest BCUT2D eigenvalue weighted by atomic mass is 10.1. The molecule has 1 saturated heterocycles. The fourth-order valence-corrected chi connectivity index (χ4v) is 5.17. The molecule has 7 nitrogen and oxygen atoms in total. The van der Waals surface area contributed by atoms with Crippen molar-refractivity contribution in [3.63, 3.8) is 0 Å². The zero-order chi connectivity index (χ0) is 20.3. The summed E-state index contributed by atoms with van der Waals surface area (Å²) in [4.78, 5) is 30.9. The Morgan fingerprint density at radius 3 is 2.68 bits per heavy atom. The molecule has 1 aliphatic rings. The van der Waals surface area contributed by atoms with Crippen LogP contribution in [0.25, 0.3) is 10.9 Å². The predicted molar refractivity (Wildman–Crippen MR) is 106 cm³/mol. The van der Waals surface area contributed by atoms with E-state index in [2.05, 4.69) is 4.98 Å². The Labute approximate surface area is 164 Å². The maximum absolute atomic E-state index is 12.7. The Balaban J connectivity index is 1.68. The monoisotopic (exact) mass is 404 g/mol. The molecule has 8 heteroatoms. The average Bonchev–Trinajstić information content (AvgIpc) is 3.04. The molecule has 2 aromatic rings. The molecule has 1 aromatic carbocycles. The molecular weight excluding hydrogens is 380 g/mol. The average molecular weight is 404 g/mol. The number of carbonyl (C=O) groups excluding carboxylic acids is 2. The van der Waals surface area contributed by atoms with Crippen LogP contribution in [0.5, 0.6) is 0 Å². The van der Waals surface area contributed by atoms with Crippen LogP contribution >= 0.6 is 0 Å². The number of fused-ring (bicyclic) bond motifs is 1. The van der Waals surface area contributed by atoms with Gasteiger partial charge in [0, 0.05) is 17.5 Å². The van der Waals surface area contributed by atoms with Crippen molar-refractivity contribution in [1.82, 2.24) is 9.88 Å². The summed E-state index contributed by atoms with van der Waals surface area (Å²) < 4.78 is 28.8. The second-order valence-corrected chi connectivity index (χ2v) is 9.31. The normalized spacial score (nSPS) is 19.3. The van der Waals surface area contributed by atoms with Gasteiger partial charge in [-0.2, -0.15) is 0 Å². The molecule has 1 aliphatic heterocycles. The van der Waals surface area contributed by atoms with E-state index in [0.717, 1.165) is 5.39 Å². The highest BCUT2D eigenvalue weighted by atomic mass is 32.2. The fraction of sp³-hybridized carbons (Fsp3) is 0.450. The minimum atomic E-state index is -3.12. The summed E-state index contributed by atoms with van der Waals surface area (Å²) in [6.07, 6.45) is 1.10. The molecule has 3 rings (SSSR count). The van der Waals surface area contributed by atoms with Gasteiger partial charge in [-0.05, 0) is 31.9 Å². The maximum atomic E-state index is 12.7. The molecule has 0 saturated carbocycles. The van der Waals surface area contributed by atoms with E-state index in [1.54, 1.807) is 23.1 Å². The van der Waals surface area contributed by atoms with E-state index in [9.17, 15) is 18.0 Å². The van der Waals surface area contributed by atoms with Crippen LogP contribution < -0.4 is 0 Å². The van der Waals surface area contributed by atoms with Crippen LogP contribution in [0, 0.1) is 0 Å². The first-order chi connectivity index (χ1) is 13.3. The first-order valence-corrected chi connectivity index (χ1v) is 11.2. The van der Waals surface area contributed by atoms with Gasteiger partial charge in [-0.3, -0.25) is 4.79 Å². The second-order valence-electron chi connectivity index (χ2n) is 7.08. The lowest BCUT2D eigenvalue weighted by Gasteiger charge is -2.33. The first-order valence-electron chi connectivity index (χ1n) is 9.35.